The van der Waals surface area contributed by atoms with E-state index in [1.807, 2.05) is 24.3 Å². The maximum atomic E-state index is 13.2. The van der Waals surface area contributed by atoms with E-state index < -0.39 is 0 Å². The molecule has 0 aliphatic heterocycles. The molecule has 0 radical (unpaired) electrons. The predicted molar refractivity (Wildman–Crippen MR) is 82.7 cm³/mol. The highest BCUT2D eigenvalue weighted by Crippen LogP contribution is 2.26. The average Bonchev–Trinajstić information content (AvgIpc) is 2.49. The highest BCUT2D eigenvalue weighted by molar-refractivity contribution is 5.57. The predicted octanol–water partition coefficient (Wildman–Crippen LogP) is 3.89. The van der Waals surface area contributed by atoms with Gasteiger partial charge in [-0.15, -0.1) is 0 Å². The van der Waals surface area contributed by atoms with E-state index in [0.29, 0.717) is 5.75 Å². The van der Waals surface area contributed by atoms with Crippen molar-refractivity contribution < 1.29 is 13.9 Å². The van der Waals surface area contributed by atoms with E-state index in [-0.39, 0.29) is 11.9 Å². The molecule has 0 bridgehead atoms. The Morgan fingerprint density at radius 1 is 1.05 bits per heavy atom. The number of rotatable bonds is 6. The summed E-state index contributed by atoms with van der Waals surface area (Å²) in [7, 11) is 3.19. The molecule has 0 spiro atoms. The van der Waals surface area contributed by atoms with Crippen molar-refractivity contribution in [3.8, 4) is 11.5 Å². The Kier molecular flexibility index (Phi) is 5.04. The van der Waals surface area contributed by atoms with Crippen molar-refractivity contribution in [2.75, 3.05) is 19.5 Å². The Labute approximate surface area is 124 Å². The lowest BCUT2D eigenvalue weighted by Crippen LogP contribution is -2.18. The van der Waals surface area contributed by atoms with Gasteiger partial charge in [0.15, 0.2) is 0 Å². The van der Waals surface area contributed by atoms with Gasteiger partial charge in [-0.2, -0.15) is 0 Å². The normalized spacial score (nSPS) is 11.8. The van der Waals surface area contributed by atoms with Gasteiger partial charge < -0.3 is 14.8 Å². The fourth-order valence-corrected chi connectivity index (χ4v) is 2.22. The zero-order valence-corrected chi connectivity index (χ0v) is 12.5. The van der Waals surface area contributed by atoms with E-state index in [1.165, 1.54) is 24.8 Å². The van der Waals surface area contributed by atoms with Crippen LogP contribution in [0, 0.1) is 5.82 Å². The van der Waals surface area contributed by atoms with Gasteiger partial charge in [-0.05, 0) is 43.2 Å². The standard InChI is InChI=1S/C17H20FNO2/c1-12(10-13-4-7-15(20-2)8-5-13)19-16-9-6-14(18)11-17(16)21-3/h4-9,11-12,19H,10H2,1-3H3. The monoisotopic (exact) mass is 289 g/mol. The number of methoxy groups -OCH3 is 2. The first-order valence-electron chi connectivity index (χ1n) is 6.85. The van der Waals surface area contributed by atoms with Crippen molar-refractivity contribution >= 4 is 5.69 Å². The van der Waals surface area contributed by atoms with Crippen LogP contribution in [-0.4, -0.2) is 20.3 Å². The number of nitrogens with one attached hydrogen (secondary N) is 1. The second-order valence-corrected chi connectivity index (χ2v) is 4.94. The maximum absolute atomic E-state index is 13.2. The van der Waals surface area contributed by atoms with Gasteiger partial charge in [0.25, 0.3) is 0 Å². The van der Waals surface area contributed by atoms with Crippen molar-refractivity contribution in [3.05, 3.63) is 53.8 Å². The first kappa shape index (κ1) is 15.2. The number of ether oxygens (including phenoxy) is 2. The topological polar surface area (TPSA) is 30.5 Å². The van der Waals surface area contributed by atoms with E-state index in [2.05, 4.69) is 12.2 Å². The summed E-state index contributed by atoms with van der Waals surface area (Å²) in [6.07, 6.45) is 0.852. The Hall–Kier alpha value is -2.23. The summed E-state index contributed by atoms with van der Waals surface area (Å²) >= 11 is 0. The molecule has 0 saturated carbocycles. The fraction of sp³-hybridized carbons (Fsp3) is 0.294. The molecule has 1 atom stereocenters. The second-order valence-electron chi connectivity index (χ2n) is 4.94. The molecule has 2 aromatic carbocycles. The molecule has 2 rings (SSSR count). The average molecular weight is 289 g/mol. The molecule has 1 N–H and O–H groups in total. The Balaban J connectivity index is 2.02. The van der Waals surface area contributed by atoms with Gasteiger partial charge in [0.2, 0.25) is 0 Å². The van der Waals surface area contributed by atoms with Gasteiger partial charge in [-0.3, -0.25) is 0 Å². The van der Waals surface area contributed by atoms with Crippen molar-refractivity contribution in [1.29, 1.82) is 0 Å². The molecule has 0 aliphatic carbocycles. The summed E-state index contributed by atoms with van der Waals surface area (Å²) in [5, 5.41) is 3.34. The summed E-state index contributed by atoms with van der Waals surface area (Å²) in [5.74, 6) is 1.05. The zero-order valence-electron chi connectivity index (χ0n) is 12.5. The van der Waals surface area contributed by atoms with Crippen LogP contribution in [0.25, 0.3) is 0 Å². The molecule has 0 heterocycles. The lowest BCUT2D eigenvalue weighted by Gasteiger charge is -2.18. The van der Waals surface area contributed by atoms with E-state index in [9.17, 15) is 4.39 Å². The number of hydrogen-bond acceptors (Lipinski definition) is 3. The zero-order chi connectivity index (χ0) is 15.2. The highest BCUT2D eigenvalue weighted by Gasteiger charge is 2.09. The van der Waals surface area contributed by atoms with Gasteiger partial charge in [-0.25, -0.2) is 4.39 Å². The minimum atomic E-state index is -0.305. The lowest BCUT2D eigenvalue weighted by atomic mass is 10.1. The molecule has 0 aromatic heterocycles. The lowest BCUT2D eigenvalue weighted by molar-refractivity contribution is 0.412. The number of anilines is 1. The molecular formula is C17H20FNO2. The molecule has 4 heteroatoms. The van der Waals surface area contributed by atoms with E-state index in [0.717, 1.165) is 17.9 Å². The minimum Gasteiger partial charge on any atom is -0.497 e. The quantitative estimate of drug-likeness (QED) is 0.875. The molecule has 21 heavy (non-hydrogen) atoms. The molecule has 1 unspecified atom stereocenters. The minimum absolute atomic E-state index is 0.192. The van der Waals surface area contributed by atoms with Gasteiger partial charge >= 0.3 is 0 Å². The van der Waals surface area contributed by atoms with Crippen LogP contribution in [0.5, 0.6) is 11.5 Å². The molecule has 2 aromatic rings. The Morgan fingerprint density at radius 3 is 2.38 bits per heavy atom. The molecule has 3 nitrogen and oxygen atoms in total. The van der Waals surface area contributed by atoms with Crippen LogP contribution in [0.1, 0.15) is 12.5 Å². The maximum Gasteiger partial charge on any atom is 0.144 e. The van der Waals surface area contributed by atoms with Gasteiger partial charge in [-0.1, -0.05) is 12.1 Å². The van der Waals surface area contributed by atoms with Crippen molar-refractivity contribution in [3.63, 3.8) is 0 Å². The van der Waals surface area contributed by atoms with Gasteiger partial charge in [0, 0.05) is 12.1 Å². The molecule has 0 aliphatic rings. The van der Waals surface area contributed by atoms with E-state index in [4.69, 9.17) is 9.47 Å². The summed E-state index contributed by atoms with van der Waals surface area (Å²) in [6, 6.07) is 12.7. The number of hydrogen-bond donors (Lipinski definition) is 1. The van der Waals surface area contributed by atoms with Crippen LogP contribution in [0.2, 0.25) is 0 Å². The molecule has 0 saturated heterocycles. The number of benzene rings is 2. The van der Waals surface area contributed by atoms with Gasteiger partial charge in [0.05, 0.1) is 19.9 Å². The van der Waals surface area contributed by atoms with Crippen LogP contribution >= 0.6 is 0 Å². The van der Waals surface area contributed by atoms with Crippen LogP contribution in [0.4, 0.5) is 10.1 Å². The Morgan fingerprint density at radius 2 is 1.76 bits per heavy atom. The summed E-state index contributed by atoms with van der Waals surface area (Å²) in [5.41, 5.74) is 2.00. The first-order chi connectivity index (χ1) is 10.1. The third kappa shape index (κ3) is 4.12. The van der Waals surface area contributed by atoms with Crippen LogP contribution in [0.3, 0.4) is 0 Å². The highest BCUT2D eigenvalue weighted by atomic mass is 19.1. The molecular weight excluding hydrogens is 269 g/mol. The first-order valence-corrected chi connectivity index (χ1v) is 6.85. The van der Waals surface area contributed by atoms with E-state index >= 15 is 0 Å². The van der Waals surface area contributed by atoms with Crippen LogP contribution in [-0.2, 0) is 6.42 Å². The van der Waals surface area contributed by atoms with Gasteiger partial charge in [0.1, 0.15) is 17.3 Å². The van der Waals surface area contributed by atoms with Crippen molar-refractivity contribution in [2.45, 2.75) is 19.4 Å². The SMILES string of the molecule is COc1ccc(CC(C)Nc2ccc(F)cc2OC)cc1. The molecule has 0 fully saturated rings. The third-order valence-electron chi connectivity index (χ3n) is 3.27. The van der Waals surface area contributed by atoms with Crippen LogP contribution < -0.4 is 14.8 Å². The third-order valence-corrected chi connectivity index (χ3v) is 3.27. The second kappa shape index (κ2) is 6.97. The van der Waals surface area contributed by atoms with E-state index in [1.54, 1.807) is 13.2 Å². The largest absolute Gasteiger partial charge is 0.497 e. The van der Waals surface area contributed by atoms with Crippen LogP contribution in [0.15, 0.2) is 42.5 Å². The summed E-state index contributed by atoms with van der Waals surface area (Å²) in [6.45, 7) is 2.08. The molecule has 0 amide bonds. The Bertz CT molecular complexity index is 584. The fourth-order valence-electron chi connectivity index (χ4n) is 2.22. The number of halogens is 1. The summed E-state index contributed by atoms with van der Waals surface area (Å²) < 4.78 is 23.5. The smallest absolute Gasteiger partial charge is 0.144 e. The van der Waals surface area contributed by atoms with Crippen molar-refractivity contribution in [1.82, 2.24) is 0 Å². The molecule has 112 valence electrons. The summed E-state index contributed by atoms with van der Waals surface area (Å²) in [4.78, 5) is 0. The van der Waals surface area contributed by atoms with Crippen molar-refractivity contribution in [2.24, 2.45) is 0 Å².